The number of rotatable bonds is 3. The summed E-state index contributed by atoms with van der Waals surface area (Å²) in [6.45, 7) is 5.38. The second-order valence-electron chi connectivity index (χ2n) is 10.3. The van der Waals surface area contributed by atoms with E-state index in [1.165, 1.54) is 6.07 Å². The van der Waals surface area contributed by atoms with Gasteiger partial charge in [0.2, 0.25) is 17.8 Å². The van der Waals surface area contributed by atoms with Crippen LogP contribution in [-0.4, -0.2) is 59.4 Å². The van der Waals surface area contributed by atoms with Gasteiger partial charge in [0.1, 0.15) is 5.82 Å². The van der Waals surface area contributed by atoms with Crippen molar-refractivity contribution in [3.8, 4) is 0 Å². The highest BCUT2D eigenvalue weighted by molar-refractivity contribution is 5.83. The van der Waals surface area contributed by atoms with Crippen LogP contribution in [0.15, 0.2) is 42.7 Å². The SMILES string of the molecule is CC1(C(=O)N2CCC3(CC2)CC(=O)NCC3c2cccc(F)c2)CCN(c2ncccn2)CC1. The number of piperidine rings is 3. The van der Waals surface area contributed by atoms with E-state index in [4.69, 9.17) is 0 Å². The molecule has 3 saturated heterocycles. The molecule has 1 aromatic heterocycles. The molecule has 8 heteroatoms. The minimum atomic E-state index is -0.401. The van der Waals surface area contributed by atoms with Crippen molar-refractivity contribution < 1.29 is 14.0 Å². The molecule has 2 amide bonds. The first-order valence-electron chi connectivity index (χ1n) is 12.2. The van der Waals surface area contributed by atoms with Crippen molar-refractivity contribution >= 4 is 17.8 Å². The summed E-state index contributed by atoms with van der Waals surface area (Å²) < 4.78 is 14.0. The number of aromatic nitrogens is 2. The van der Waals surface area contributed by atoms with E-state index < -0.39 is 5.41 Å². The number of anilines is 1. The lowest BCUT2D eigenvalue weighted by Crippen LogP contribution is -2.55. The Kier molecular flexibility index (Phi) is 6.00. The first kappa shape index (κ1) is 22.7. The first-order valence-corrected chi connectivity index (χ1v) is 12.2. The third kappa shape index (κ3) is 4.26. The number of nitrogens with one attached hydrogen (secondary N) is 1. The smallest absolute Gasteiger partial charge is 0.228 e. The summed E-state index contributed by atoms with van der Waals surface area (Å²) in [6, 6.07) is 8.54. The van der Waals surface area contributed by atoms with Crippen LogP contribution < -0.4 is 10.2 Å². The van der Waals surface area contributed by atoms with Crippen LogP contribution in [0.4, 0.5) is 10.3 Å². The summed E-state index contributed by atoms with van der Waals surface area (Å²) in [4.78, 5) is 38.8. The largest absolute Gasteiger partial charge is 0.355 e. The Morgan fingerprint density at radius 3 is 2.44 bits per heavy atom. The molecule has 1 N–H and O–H groups in total. The molecule has 0 saturated carbocycles. The van der Waals surface area contributed by atoms with Crippen LogP contribution in [0.25, 0.3) is 0 Å². The van der Waals surface area contributed by atoms with Crippen LogP contribution in [0.3, 0.4) is 0 Å². The molecule has 5 rings (SSSR count). The zero-order chi connectivity index (χ0) is 23.8. The molecule has 34 heavy (non-hydrogen) atoms. The predicted molar refractivity (Wildman–Crippen MR) is 127 cm³/mol. The third-order valence-corrected chi connectivity index (χ3v) is 8.27. The molecule has 0 radical (unpaired) electrons. The summed E-state index contributed by atoms with van der Waals surface area (Å²) in [7, 11) is 0. The fourth-order valence-electron chi connectivity index (χ4n) is 6.06. The fraction of sp³-hybridized carbons (Fsp3) is 0.538. The maximum absolute atomic E-state index is 14.0. The van der Waals surface area contributed by atoms with Crippen molar-refractivity contribution in [1.29, 1.82) is 0 Å². The molecule has 1 spiro atoms. The normalized spacial score (nSPS) is 24.1. The fourth-order valence-corrected chi connectivity index (χ4v) is 6.06. The van der Waals surface area contributed by atoms with Crippen LogP contribution in [-0.2, 0) is 9.59 Å². The Bertz CT molecular complexity index is 1050. The number of hydrogen-bond donors (Lipinski definition) is 1. The van der Waals surface area contributed by atoms with Gasteiger partial charge in [0.15, 0.2) is 0 Å². The summed E-state index contributed by atoms with van der Waals surface area (Å²) in [5.41, 5.74) is 0.297. The van der Waals surface area contributed by atoms with Crippen molar-refractivity contribution in [3.63, 3.8) is 0 Å². The molecule has 1 atom stereocenters. The van der Waals surface area contributed by atoms with E-state index in [-0.39, 0.29) is 29.0 Å². The highest BCUT2D eigenvalue weighted by Crippen LogP contribution is 2.49. The van der Waals surface area contributed by atoms with E-state index in [1.54, 1.807) is 30.6 Å². The Morgan fingerprint density at radius 1 is 1.06 bits per heavy atom. The lowest BCUT2D eigenvalue weighted by molar-refractivity contribution is -0.146. The summed E-state index contributed by atoms with van der Waals surface area (Å²) in [5.74, 6) is 0.782. The number of amides is 2. The number of hydrogen-bond acceptors (Lipinski definition) is 5. The quantitative estimate of drug-likeness (QED) is 0.754. The van der Waals surface area contributed by atoms with Gasteiger partial charge in [0.05, 0.1) is 0 Å². The van der Waals surface area contributed by atoms with E-state index in [0.717, 1.165) is 50.3 Å². The standard InChI is InChI=1S/C26H32FN5O2/c1-25(6-12-32(13-7-25)24-28-10-3-11-29-24)23(34)31-14-8-26(9-15-31)17-22(33)30-18-21(26)19-4-2-5-20(27)16-19/h2-5,10-11,16,21H,6-9,12-15,17-18H2,1H3,(H,30,33). The number of carbonyl (C=O) groups excluding carboxylic acids is 2. The minimum Gasteiger partial charge on any atom is -0.355 e. The molecule has 1 unspecified atom stereocenters. The van der Waals surface area contributed by atoms with Crippen molar-refractivity contribution in [2.45, 2.75) is 44.9 Å². The van der Waals surface area contributed by atoms with Crippen molar-refractivity contribution in [3.05, 3.63) is 54.1 Å². The average Bonchev–Trinajstić information content (AvgIpc) is 2.85. The van der Waals surface area contributed by atoms with Gasteiger partial charge in [-0.2, -0.15) is 0 Å². The van der Waals surface area contributed by atoms with Gasteiger partial charge in [-0.25, -0.2) is 14.4 Å². The van der Waals surface area contributed by atoms with Crippen LogP contribution in [0, 0.1) is 16.6 Å². The zero-order valence-corrected chi connectivity index (χ0v) is 19.7. The molecule has 3 fully saturated rings. The van der Waals surface area contributed by atoms with Crippen LogP contribution >= 0.6 is 0 Å². The molecular formula is C26H32FN5O2. The highest BCUT2D eigenvalue weighted by Gasteiger charge is 2.48. The summed E-state index contributed by atoms with van der Waals surface area (Å²) in [6.07, 6.45) is 6.96. The Balaban J connectivity index is 1.25. The van der Waals surface area contributed by atoms with Crippen molar-refractivity contribution in [2.75, 3.05) is 37.6 Å². The van der Waals surface area contributed by atoms with Gasteiger partial charge in [0, 0.05) is 62.9 Å². The van der Waals surface area contributed by atoms with Gasteiger partial charge >= 0.3 is 0 Å². The average molecular weight is 466 g/mol. The maximum atomic E-state index is 14.0. The molecule has 0 bridgehead atoms. The maximum Gasteiger partial charge on any atom is 0.228 e. The molecular weight excluding hydrogens is 433 g/mol. The molecule has 1 aromatic carbocycles. The van der Waals surface area contributed by atoms with Gasteiger partial charge in [0.25, 0.3) is 0 Å². The second-order valence-corrected chi connectivity index (χ2v) is 10.3. The van der Waals surface area contributed by atoms with E-state index in [1.807, 2.05) is 11.0 Å². The highest BCUT2D eigenvalue weighted by atomic mass is 19.1. The number of benzene rings is 1. The van der Waals surface area contributed by atoms with Gasteiger partial charge in [-0.05, 0) is 54.9 Å². The van der Waals surface area contributed by atoms with E-state index in [2.05, 4.69) is 27.1 Å². The van der Waals surface area contributed by atoms with Gasteiger partial charge in [-0.15, -0.1) is 0 Å². The summed E-state index contributed by atoms with van der Waals surface area (Å²) >= 11 is 0. The lowest BCUT2D eigenvalue weighted by atomic mass is 9.62. The number of likely N-dealkylation sites (tertiary alicyclic amines) is 1. The number of halogens is 1. The Morgan fingerprint density at radius 2 is 1.76 bits per heavy atom. The molecule has 4 heterocycles. The molecule has 3 aliphatic rings. The van der Waals surface area contributed by atoms with Gasteiger partial charge in [-0.3, -0.25) is 9.59 Å². The zero-order valence-electron chi connectivity index (χ0n) is 19.7. The van der Waals surface area contributed by atoms with E-state index >= 15 is 0 Å². The van der Waals surface area contributed by atoms with Crippen LogP contribution in [0.1, 0.15) is 50.5 Å². The van der Waals surface area contributed by atoms with Crippen molar-refractivity contribution in [2.24, 2.45) is 10.8 Å². The summed E-state index contributed by atoms with van der Waals surface area (Å²) in [5, 5.41) is 2.97. The first-order chi connectivity index (χ1) is 16.4. The third-order valence-electron chi connectivity index (χ3n) is 8.27. The Labute approximate surface area is 199 Å². The molecule has 2 aromatic rings. The van der Waals surface area contributed by atoms with E-state index in [0.29, 0.717) is 26.1 Å². The second kappa shape index (κ2) is 8.96. The number of carbonyl (C=O) groups is 2. The lowest BCUT2D eigenvalue weighted by Gasteiger charge is -2.50. The van der Waals surface area contributed by atoms with Crippen LogP contribution in [0.2, 0.25) is 0 Å². The van der Waals surface area contributed by atoms with Gasteiger partial charge in [-0.1, -0.05) is 19.1 Å². The molecule has 180 valence electrons. The molecule has 7 nitrogen and oxygen atoms in total. The minimum absolute atomic E-state index is 0.0508. The van der Waals surface area contributed by atoms with Crippen LogP contribution in [0.5, 0.6) is 0 Å². The van der Waals surface area contributed by atoms with E-state index in [9.17, 15) is 14.0 Å². The topological polar surface area (TPSA) is 78.4 Å². The molecule has 3 aliphatic heterocycles. The Hall–Kier alpha value is -3.03. The monoisotopic (exact) mass is 465 g/mol. The molecule has 0 aliphatic carbocycles. The predicted octanol–water partition coefficient (Wildman–Crippen LogP) is 3.13. The van der Waals surface area contributed by atoms with Gasteiger partial charge < -0.3 is 15.1 Å². The van der Waals surface area contributed by atoms with Crippen molar-refractivity contribution in [1.82, 2.24) is 20.2 Å². The number of nitrogens with zero attached hydrogens (tertiary/aromatic N) is 4.